The van der Waals surface area contributed by atoms with Crippen LogP contribution < -0.4 is 32.3 Å². The Morgan fingerprint density at radius 1 is 0.800 bits per heavy atom. The highest BCUT2D eigenvalue weighted by atomic mass is 32.1. The van der Waals surface area contributed by atoms with Crippen molar-refractivity contribution in [1.82, 2.24) is 29.1 Å². The van der Waals surface area contributed by atoms with Crippen LogP contribution in [0.2, 0.25) is 0 Å². The average Bonchev–Trinajstić information content (AvgIpc) is 3.75. The Kier molecular flexibility index (Phi) is 11.6. The molecule has 2 saturated heterocycles. The number of nitrogen functional groups attached to an aromatic ring is 2. The first-order chi connectivity index (χ1) is 23.2. The standard InChI is InChI=1S/C14H16N4O7S.C12H14N4O6S.CH4/c1-5(19)23-4-7-3-8(24-6(2)20)12(25-7)18-10-9(26-14(18)22)11(21)17-13(15)16-10;1-4(18)21-6-2-5(3-17)22-10(6)16-8-7(23-12(16)20)9(19)15-11(13)14-8;/h7-8,12H,3-4H2,1-2H3,(H3,15,16,17,21);5-6,10,17H,2-3H2,1H3,(H3,13,14,15,19);1H4/t7-,8+,12+;5-,6+,10+;/m00./s1. The zero-order chi connectivity index (χ0) is 35.7. The van der Waals surface area contributed by atoms with Gasteiger partial charge in [0.1, 0.15) is 28.2 Å². The van der Waals surface area contributed by atoms with Crippen molar-refractivity contribution in [2.24, 2.45) is 0 Å². The van der Waals surface area contributed by atoms with Gasteiger partial charge in [-0.05, 0) is 0 Å². The molecule has 0 unspecified atom stereocenters. The zero-order valence-electron chi connectivity index (χ0n) is 25.9. The molecule has 0 saturated carbocycles. The van der Waals surface area contributed by atoms with E-state index in [9.17, 15) is 38.7 Å². The van der Waals surface area contributed by atoms with Gasteiger partial charge in [0.15, 0.2) is 23.8 Å². The summed E-state index contributed by atoms with van der Waals surface area (Å²) in [5.74, 6) is -1.89. The maximum atomic E-state index is 12.4. The van der Waals surface area contributed by atoms with Crippen LogP contribution in [0.5, 0.6) is 0 Å². The highest BCUT2D eigenvalue weighted by molar-refractivity contribution is 7.16. The lowest BCUT2D eigenvalue weighted by Gasteiger charge is -2.19. The first-order valence-corrected chi connectivity index (χ1v) is 16.0. The fraction of sp³-hybridized carbons (Fsp3) is 0.519. The summed E-state index contributed by atoms with van der Waals surface area (Å²) in [5.41, 5.74) is 10.1. The molecule has 6 atom stereocenters. The van der Waals surface area contributed by atoms with Gasteiger partial charge in [0.2, 0.25) is 11.9 Å². The van der Waals surface area contributed by atoms with E-state index < -0.39 is 75.6 Å². The van der Waals surface area contributed by atoms with Crippen molar-refractivity contribution in [2.45, 2.75) is 77.9 Å². The smallest absolute Gasteiger partial charge is 0.311 e. The number of hydrogen-bond acceptors (Lipinski definition) is 19. The summed E-state index contributed by atoms with van der Waals surface area (Å²) < 4.78 is 29.1. The van der Waals surface area contributed by atoms with Crippen LogP contribution in [-0.2, 0) is 38.1 Å². The molecule has 272 valence electrons. The van der Waals surface area contributed by atoms with Gasteiger partial charge in [-0.15, -0.1) is 0 Å². The van der Waals surface area contributed by atoms with Crippen LogP contribution in [0.25, 0.3) is 20.7 Å². The number of nitrogens with zero attached hydrogens (tertiary/aromatic N) is 4. The van der Waals surface area contributed by atoms with Gasteiger partial charge in [-0.25, -0.2) is 0 Å². The summed E-state index contributed by atoms with van der Waals surface area (Å²) in [6.45, 7) is 3.37. The molecule has 0 spiro atoms. The lowest BCUT2D eigenvalue weighted by atomic mass is 10.2. The number of carbonyl (C=O) groups excluding carboxylic acids is 3. The molecule has 0 bridgehead atoms. The third kappa shape index (κ3) is 7.91. The third-order valence-electron chi connectivity index (χ3n) is 7.09. The molecule has 0 amide bonds. The number of carbonyl (C=O) groups is 3. The first-order valence-electron chi connectivity index (χ1n) is 14.4. The molecular weight excluding hydrogens is 708 g/mol. The molecule has 50 heavy (non-hydrogen) atoms. The number of nitrogens with two attached hydrogens (primary N) is 2. The van der Waals surface area contributed by atoms with E-state index in [1.165, 1.54) is 20.8 Å². The van der Waals surface area contributed by atoms with Crippen molar-refractivity contribution in [3.05, 3.63) is 40.0 Å². The number of rotatable bonds is 7. The van der Waals surface area contributed by atoms with Crippen LogP contribution in [0.4, 0.5) is 11.9 Å². The minimum absolute atomic E-state index is 0. The number of aliphatic hydroxyl groups excluding tert-OH is 1. The fourth-order valence-electron chi connectivity index (χ4n) is 5.30. The molecule has 2 aliphatic heterocycles. The number of aromatic amines is 2. The van der Waals surface area contributed by atoms with Crippen molar-refractivity contribution >= 4 is 73.2 Å². The van der Waals surface area contributed by atoms with Gasteiger partial charge in [-0.1, -0.05) is 30.1 Å². The van der Waals surface area contributed by atoms with Crippen molar-refractivity contribution in [2.75, 3.05) is 24.7 Å². The van der Waals surface area contributed by atoms with Crippen molar-refractivity contribution in [3.63, 3.8) is 0 Å². The Balaban J connectivity index is 0.000000222. The maximum absolute atomic E-state index is 12.4. The second-order valence-electron chi connectivity index (χ2n) is 10.7. The Bertz CT molecular complexity index is 2150. The van der Waals surface area contributed by atoms with Gasteiger partial charge >= 0.3 is 27.7 Å². The Hall–Kier alpha value is -4.97. The summed E-state index contributed by atoms with van der Waals surface area (Å²) in [6.07, 6.45) is -4.34. The molecule has 2 aliphatic rings. The van der Waals surface area contributed by atoms with Gasteiger partial charge in [0, 0.05) is 33.6 Å². The normalized spacial score (nSPS) is 22.8. The molecule has 21 nitrogen and oxygen atoms in total. The van der Waals surface area contributed by atoms with Crippen LogP contribution in [0.15, 0.2) is 19.2 Å². The SMILES string of the molecule is C.CC(=O)OC[C@@H]1C[C@@H](OC(C)=O)[C@H](n2c(=O)sc3c(=O)[nH]c(N)nc32)O1.CC(=O)O[C@@H]1C[C@@H](CO)O[C@H]1n1c(=O)sc2c(=O)[nH]c(N)nc21. The maximum Gasteiger partial charge on any atom is 0.311 e. The van der Waals surface area contributed by atoms with E-state index >= 15 is 0 Å². The van der Waals surface area contributed by atoms with E-state index in [4.69, 9.17) is 35.2 Å². The van der Waals surface area contributed by atoms with Gasteiger partial charge in [0.25, 0.3) is 11.1 Å². The van der Waals surface area contributed by atoms with Gasteiger partial charge < -0.3 is 40.3 Å². The average molecular weight is 743 g/mol. The molecule has 0 radical (unpaired) electrons. The Morgan fingerprint density at radius 2 is 1.22 bits per heavy atom. The number of hydrogen-bond donors (Lipinski definition) is 5. The molecule has 23 heteroatoms. The van der Waals surface area contributed by atoms with Crippen LogP contribution in [0.1, 0.15) is 53.5 Å². The van der Waals surface area contributed by atoms with Gasteiger partial charge in [0.05, 0.1) is 18.8 Å². The minimum Gasteiger partial charge on any atom is -0.463 e. The van der Waals surface area contributed by atoms with Gasteiger partial charge in [-0.3, -0.25) is 52.7 Å². The second kappa shape index (κ2) is 15.3. The predicted octanol–water partition coefficient (Wildman–Crippen LogP) is -0.913. The van der Waals surface area contributed by atoms with Crippen LogP contribution in [0.3, 0.4) is 0 Å². The molecule has 2 fully saturated rings. The lowest BCUT2D eigenvalue weighted by molar-refractivity contribution is -0.153. The van der Waals surface area contributed by atoms with Crippen LogP contribution in [-0.4, -0.2) is 89.7 Å². The van der Waals surface area contributed by atoms with Crippen molar-refractivity contribution < 1.29 is 43.2 Å². The number of aromatic nitrogens is 6. The number of anilines is 2. The molecule has 0 aromatic carbocycles. The molecule has 6 rings (SSSR count). The fourth-order valence-corrected chi connectivity index (χ4v) is 6.99. The van der Waals surface area contributed by atoms with E-state index in [-0.39, 0.29) is 66.1 Å². The molecule has 6 heterocycles. The van der Waals surface area contributed by atoms with Crippen LogP contribution in [0, 0.1) is 0 Å². The van der Waals surface area contributed by atoms with E-state index in [0.717, 1.165) is 9.13 Å². The van der Waals surface area contributed by atoms with Crippen molar-refractivity contribution in [1.29, 1.82) is 0 Å². The summed E-state index contributed by atoms with van der Waals surface area (Å²) >= 11 is 1.37. The minimum atomic E-state index is -1.02. The van der Waals surface area contributed by atoms with E-state index in [2.05, 4.69) is 19.9 Å². The number of esters is 3. The molecular formula is C27H34N8O13S2. The quantitative estimate of drug-likeness (QED) is 0.113. The molecule has 4 aromatic heterocycles. The predicted molar refractivity (Wildman–Crippen MR) is 176 cm³/mol. The molecule has 7 N–H and O–H groups in total. The Morgan fingerprint density at radius 3 is 1.62 bits per heavy atom. The monoisotopic (exact) mass is 742 g/mol. The summed E-state index contributed by atoms with van der Waals surface area (Å²) in [6, 6.07) is 0. The van der Waals surface area contributed by atoms with Crippen molar-refractivity contribution in [3.8, 4) is 0 Å². The Labute approximate surface area is 287 Å². The summed E-state index contributed by atoms with van der Waals surface area (Å²) in [4.78, 5) is 93.8. The summed E-state index contributed by atoms with van der Waals surface area (Å²) in [7, 11) is 0. The van der Waals surface area contributed by atoms with Crippen LogP contribution >= 0.6 is 22.7 Å². The second-order valence-corrected chi connectivity index (χ2v) is 12.7. The number of fused-ring (bicyclic) bond motifs is 2. The molecule has 4 aromatic rings. The topological polar surface area (TPSA) is 305 Å². The zero-order valence-corrected chi connectivity index (χ0v) is 27.5. The van der Waals surface area contributed by atoms with E-state index in [1.807, 2.05) is 0 Å². The van der Waals surface area contributed by atoms with Gasteiger partial charge in [-0.2, -0.15) is 9.97 Å². The first kappa shape index (κ1) is 37.8. The lowest BCUT2D eigenvalue weighted by Crippen LogP contribution is -2.30. The largest absolute Gasteiger partial charge is 0.463 e. The number of H-pyrrole nitrogens is 2. The highest BCUT2D eigenvalue weighted by Crippen LogP contribution is 2.34. The number of nitrogens with one attached hydrogen (secondary N) is 2. The van der Waals surface area contributed by atoms with E-state index in [1.54, 1.807) is 0 Å². The number of aliphatic hydroxyl groups is 1. The third-order valence-corrected chi connectivity index (χ3v) is 8.98. The van der Waals surface area contributed by atoms with E-state index in [0.29, 0.717) is 22.7 Å². The number of thiazole rings is 2. The number of ether oxygens (including phenoxy) is 5. The summed E-state index contributed by atoms with van der Waals surface area (Å²) in [5, 5.41) is 9.26. The molecule has 0 aliphatic carbocycles. The highest BCUT2D eigenvalue weighted by Gasteiger charge is 2.42.